The standard InChI is InChI=1S/C9H8N2O3.C8H18/c1-13-5-3-2-4-6-7(5)8(9(10)12)11-14-6;1-4-6-7-8(3)5-2/h2-4H,1H3,(H2,10,12);8H,4-7H2,1-3H3. The monoisotopic (exact) mass is 306 g/mol. The zero-order valence-electron chi connectivity index (χ0n) is 13.9. The molecule has 1 atom stereocenters. The first-order valence-electron chi connectivity index (χ1n) is 7.77. The van der Waals surface area contributed by atoms with Crippen LogP contribution in [-0.4, -0.2) is 18.2 Å². The Bertz CT molecular complexity index is 593. The molecule has 2 aromatic rings. The Morgan fingerprint density at radius 2 is 2.14 bits per heavy atom. The van der Waals surface area contributed by atoms with Gasteiger partial charge < -0.3 is 15.0 Å². The normalized spacial score (nSPS) is 11.6. The van der Waals surface area contributed by atoms with Crippen LogP contribution in [0, 0.1) is 5.92 Å². The summed E-state index contributed by atoms with van der Waals surface area (Å²) >= 11 is 0. The molecule has 5 nitrogen and oxygen atoms in total. The van der Waals surface area contributed by atoms with Gasteiger partial charge in [-0.05, 0) is 18.1 Å². The summed E-state index contributed by atoms with van der Waals surface area (Å²) in [5, 5.41) is 4.09. The van der Waals surface area contributed by atoms with Crippen molar-refractivity contribution in [3.8, 4) is 5.75 Å². The van der Waals surface area contributed by atoms with Crippen molar-refractivity contribution in [2.45, 2.75) is 46.5 Å². The predicted octanol–water partition coefficient (Wildman–Crippen LogP) is 4.16. The zero-order valence-corrected chi connectivity index (χ0v) is 13.9. The lowest BCUT2D eigenvalue weighted by atomic mass is 10.0. The summed E-state index contributed by atoms with van der Waals surface area (Å²) < 4.78 is 9.99. The maximum Gasteiger partial charge on any atom is 0.271 e. The second kappa shape index (κ2) is 9.07. The Kier molecular flexibility index (Phi) is 7.43. The van der Waals surface area contributed by atoms with E-state index in [2.05, 4.69) is 25.9 Å². The van der Waals surface area contributed by atoms with Crippen LogP contribution in [0.25, 0.3) is 11.0 Å². The van der Waals surface area contributed by atoms with Gasteiger partial charge in [-0.2, -0.15) is 0 Å². The van der Waals surface area contributed by atoms with Gasteiger partial charge in [-0.1, -0.05) is 57.7 Å². The fourth-order valence-corrected chi connectivity index (χ4v) is 2.06. The number of primary amides is 1. The maximum absolute atomic E-state index is 11.0. The highest BCUT2D eigenvalue weighted by molar-refractivity contribution is 6.05. The topological polar surface area (TPSA) is 78.3 Å². The van der Waals surface area contributed by atoms with Crippen molar-refractivity contribution in [2.75, 3.05) is 7.11 Å². The van der Waals surface area contributed by atoms with Crippen molar-refractivity contribution < 1.29 is 14.1 Å². The van der Waals surface area contributed by atoms with Gasteiger partial charge in [0.15, 0.2) is 11.3 Å². The van der Waals surface area contributed by atoms with Crippen molar-refractivity contribution in [2.24, 2.45) is 11.7 Å². The third-order valence-corrected chi connectivity index (χ3v) is 3.66. The molecule has 122 valence electrons. The largest absolute Gasteiger partial charge is 0.496 e. The lowest BCUT2D eigenvalue weighted by Gasteiger charge is -2.04. The first-order chi connectivity index (χ1) is 10.5. The minimum atomic E-state index is -0.631. The number of hydrogen-bond donors (Lipinski definition) is 1. The maximum atomic E-state index is 11.0. The highest BCUT2D eigenvalue weighted by atomic mass is 16.5. The molecule has 1 heterocycles. The second-order valence-corrected chi connectivity index (χ2v) is 5.38. The van der Waals surface area contributed by atoms with E-state index in [-0.39, 0.29) is 5.69 Å². The lowest BCUT2D eigenvalue weighted by Crippen LogP contribution is -2.11. The van der Waals surface area contributed by atoms with Crippen molar-refractivity contribution in [3.63, 3.8) is 0 Å². The molecule has 0 radical (unpaired) electrons. The van der Waals surface area contributed by atoms with Crippen LogP contribution in [0.5, 0.6) is 5.75 Å². The van der Waals surface area contributed by atoms with Gasteiger partial charge >= 0.3 is 0 Å². The van der Waals surface area contributed by atoms with Gasteiger partial charge in [0.25, 0.3) is 5.91 Å². The second-order valence-electron chi connectivity index (χ2n) is 5.38. The number of carbonyl (C=O) groups excluding carboxylic acids is 1. The van der Waals surface area contributed by atoms with E-state index in [0.717, 1.165) is 5.92 Å². The summed E-state index contributed by atoms with van der Waals surface area (Å²) in [6.07, 6.45) is 5.53. The molecule has 1 unspecified atom stereocenters. The Balaban J connectivity index is 0.000000261. The number of nitrogens with zero attached hydrogens (tertiary/aromatic N) is 1. The number of methoxy groups -OCH3 is 1. The molecule has 1 amide bonds. The van der Waals surface area contributed by atoms with Crippen molar-refractivity contribution in [1.29, 1.82) is 0 Å². The van der Waals surface area contributed by atoms with E-state index in [1.807, 2.05) is 0 Å². The molecule has 5 heteroatoms. The summed E-state index contributed by atoms with van der Waals surface area (Å²) in [5.74, 6) is 0.848. The van der Waals surface area contributed by atoms with Gasteiger partial charge in [-0.15, -0.1) is 0 Å². The van der Waals surface area contributed by atoms with Crippen molar-refractivity contribution in [1.82, 2.24) is 5.16 Å². The third-order valence-electron chi connectivity index (χ3n) is 3.66. The van der Waals surface area contributed by atoms with Gasteiger partial charge in [0, 0.05) is 0 Å². The molecule has 0 bridgehead atoms. The van der Waals surface area contributed by atoms with Crippen molar-refractivity contribution >= 4 is 16.9 Å². The van der Waals surface area contributed by atoms with E-state index in [4.69, 9.17) is 15.0 Å². The Morgan fingerprint density at radius 1 is 1.41 bits per heavy atom. The van der Waals surface area contributed by atoms with E-state index >= 15 is 0 Å². The number of benzene rings is 1. The first kappa shape index (κ1) is 18.0. The summed E-state index contributed by atoms with van der Waals surface area (Å²) in [5.41, 5.74) is 5.71. The number of rotatable bonds is 6. The molecule has 0 aliphatic carbocycles. The number of nitrogens with two attached hydrogens (primary N) is 1. The van der Waals surface area contributed by atoms with Crippen LogP contribution in [0.1, 0.15) is 56.9 Å². The third kappa shape index (κ3) is 4.76. The minimum absolute atomic E-state index is 0.0949. The molecule has 1 aromatic heterocycles. The smallest absolute Gasteiger partial charge is 0.271 e. The first-order valence-corrected chi connectivity index (χ1v) is 7.77. The molecule has 0 saturated carbocycles. The van der Waals surface area contributed by atoms with Gasteiger partial charge in [-0.3, -0.25) is 4.79 Å². The molecule has 0 spiro atoms. The highest BCUT2D eigenvalue weighted by Gasteiger charge is 2.16. The van der Waals surface area contributed by atoms with E-state index in [1.165, 1.54) is 32.8 Å². The number of unbranched alkanes of at least 4 members (excludes halogenated alkanes) is 1. The fourth-order valence-electron chi connectivity index (χ4n) is 2.06. The Morgan fingerprint density at radius 3 is 2.68 bits per heavy atom. The SMILES string of the molecule is CCCCC(C)CC.COc1cccc2onc(C(N)=O)c12. The predicted molar refractivity (Wildman–Crippen MR) is 88.1 cm³/mol. The minimum Gasteiger partial charge on any atom is -0.496 e. The van der Waals surface area contributed by atoms with Crippen molar-refractivity contribution in [3.05, 3.63) is 23.9 Å². The van der Waals surface area contributed by atoms with Gasteiger partial charge in [0.2, 0.25) is 0 Å². The molecule has 0 aliphatic rings. The molecule has 0 saturated heterocycles. The van der Waals surface area contributed by atoms with Gasteiger partial charge in [0.1, 0.15) is 5.75 Å². The molecule has 0 fully saturated rings. The number of ether oxygens (including phenoxy) is 1. The fraction of sp³-hybridized carbons (Fsp3) is 0.529. The molecular formula is C17H26N2O3. The Labute approximate surface area is 131 Å². The number of carbonyl (C=O) groups is 1. The van der Waals surface area contributed by atoms with Crippen LogP contribution in [0.2, 0.25) is 0 Å². The summed E-state index contributed by atoms with van der Waals surface area (Å²) in [7, 11) is 1.51. The summed E-state index contributed by atoms with van der Waals surface area (Å²) in [4.78, 5) is 11.0. The molecule has 0 aliphatic heterocycles. The van der Waals surface area contributed by atoms with E-state index in [0.29, 0.717) is 16.7 Å². The van der Waals surface area contributed by atoms with E-state index in [9.17, 15) is 4.79 Å². The molecular weight excluding hydrogens is 280 g/mol. The molecule has 2 N–H and O–H groups in total. The molecule has 2 rings (SSSR count). The van der Waals surface area contributed by atoms with Crippen LogP contribution in [0.3, 0.4) is 0 Å². The van der Waals surface area contributed by atoms with E-state index in [1.54, 1.807) is 18.2 Å². The number of fused-ring (bicyclic) bond motifs is 1. The molecule has 22 heavy (non-hydrogen) atoms. The van der Waals surface area contributed by atoms with Crippen LogP contribution < -0.4 is 10.5 Å². The average molecular weight is 306 g/mol. The zero-order chi connectivity index (χ0) is 16.5. The van der Waals surface area contributed by atoms with Crippen LogP contribution in [0.15, 0.2) is 22.7 Å². The number of aromatic nitrogens is 1. The number of hydrogen-bond acceptors (Lipinski definition) is 4. The average Bonchev–Trinajstić information content (AvgIpc) is 2.97. The molecule has 1 aromatic carbocycles. The quantitative estimate of drug-likeness (QED) is 0.869. The summed E-state index contributed by atoms with van der Waals surface area (Å²) in [6, 6.07) is 5.15. The van der Waals surface area contributed by atoms with Crippen LogP contribution in [0.4, 0.5) is 0 Å². The Hall–Kier alpha value is -2.04. The summed E-state index contributed by atoms with van der Waals surface area (Å²) in [6.45, 7) is 6.85. The van der Waals surface area contributed by atoms with Gasteiger partial charge in [0.05, 0.1) is 12.5 Å². The highest BCUT2D eigenvalue weighted by Crippen LogP contribution is 2.28. The van der Waals surface area contributed by atoms with Gasteiger partial charge in [-0.25, -0.2) is 0 Å². The number of amides is 1. The van der Waals surface area contributed by atoms with E-state index < -0.39 is 5.91 Å². The lowest BCUT2D eigenvalue weighted by molar-refractivity contribution is 0.0993. The van der Waals surface area contributed by atoms with Crippen LogP contribution >= 0.6 is 0 Å². The van der Waals surface area contributed by atoms with Crippen LogP contribution in [-0.2, 0) is 0 Å².